The van der Waals surface area contributed by atoms with Gasteiger partial charge in [-0.15, -0.1) is 0 Å². The highest BCUT2D eigenvalue weighted by Crippen LogP contribution is 2.33. The minimum absolute atomic E-state index is 0.205. The molecule has 1 N–H and O–H groups in total. The van der Waals surface area contributed by atoms with E-state index in [0.717, 1.165) is 11.8 Å². The van der Waals surface area contributed by atoms with Gasteiger partial charge >= 0.3 is 6.18 Å². The van der Waals surface area contributed by atoms with Crippen LogP contribution in [0.5, 0.6) is 0 Å². The number of aromatic amines is 1. The fraction of sp³-hybridized carbons (Fsp3) is 0.308. The van der Waals surface area contributed by atoms with Crippen LogP contribution in [0.15, 0.2) is 24.4 Å². The average molecular weight is 286 g/mol. The van der Waals surface area contributed by atoms with E-state index >= 15 is 0 Å². The summed E-state index contributed by atoms with van der Waals surface area (Å²) >= 11 is 5.12. The fourth-order valence-electron chi connectivity index (χ4n) is 2.00. The van der Waals surface area contributed by atoms with Crippen LogP contribution in [0, 0.1) is 11.7 Å². The Morgan fingerprint density at radius 3 is 2.58 bits per heavy atom. The van der Waals surface area contributed by atoms with E-state index in [1.54, 1.807) is 16.8 Å². The van der Waals surface area contributed by atoms with Crippen molar-refractivity contribution in [3.8, 4) is 5.69 Å². The topological polar surface area (TPSA) is 20.7 Å². The van der Waals surface area contributed by atoms with E-state index in [-0.39, 0.29) is 5.56 Å². The lowest BCUT2D eigenvalue weighted by Gasteiger charge is -2.13. The van der Waals surface area contributed by atoms with Crippen molar-refractivity contribution < 1.29 is 13.2 Å². The van der Waals surface area contributed by atoms with Crippen molar-refractivity contribution >= 4 is 12.2 Å². The number of nitrogens with zero attached hydrogens (tertiary/aromatic N) is 1. The Labute approximate surface area is 113 Å². The van der Waals surface area contributed by atoms with E-state index in [1.165, 1.54) is 13.0 Å². The lowest BCUT2D eigenvalue weighted by Crippen LogP contribution is -2.09. The van der Waals surface area contributed by atoms with E-state index in [9.17, 15) is 13.2 Å². The van der Waals surface area contributed by atoms with E-state index in [2.05, 4.69) is 4.98 Å². The van der Waals surface area contributed by atoms with E-state index in [4.69, 9.17) is 12.2 Å². The van der Waals surface area contributed by atoms with E-state index in [0.29, 0.717) is 16.9 Å². The summed E-state index contributed by atoms with van der Waals surface area (Å²) in [6, 6.07) is 4.25. The number of hydrogen-bond donors (Lipinski definition) is 1. The smallest absolute Gasteiger partial charge is 0.337 e. The van der Waals surface area contributed by atoms with Gasteiger partial charge in [-0.3, -0.25) is 4.57 Å². The van der Waals surface area contributed by atoms with Crippen LogP contribution >= 0.6 is 12.2 Å². The molecule has 102 valence electrons. The zero-order valence-electron chi connectivity index (χ0n) is 10.5. The number of rotatable bonds is 2. The molecule has 0 bridgehead atoms. The second-order valence-electron chi connectivity index (χ2n) is 4.27. The van der Waals surface area contributed by atoms with Gasteiger partial charge in [0.05, 0.1) is 5.56 Å². The van der Waals surface area contributed by atoms with Crippen LogP contribution in [0.3, 0.4) is 0 Å². The highest BCUT2D eigenvalue weighted by molar-refractivity contribution is 7.71. The third-order valence-corrected chi connectivity index (χ3v) is 3.30. The number of hydrogen-bond acceptors (Lipinski definition) is 1. The largest absolute Gasteiger partial charge is 0.416 e. The summed E-state index contributed by atoms with van der Waals surface area (Å²) < 4.78 is 40.8. The lowest BCUT2D eigenvalue weighted by atomic mass is 10.1. The van der Waals surface area contributed by atoms with Crippen LogP contribution in [0.25, 0.3) is 5.69 Å². The Kier molecular flexibility index (Phi) is 3.54. The van der Waals surface area contributed by atoms with E-state index in [1.807, 2.05) is 6.92 Å². The molecule has 0 aliphatic rings. The van der Waals surface area contributed by atoms with Gasteiger partial charge in [-0.2, -0.15) is 13.2 Å². The Bertz CT molecular complexity index is 653. The van der Waals surface area contributed by atoms with Crippen molar-refractivity contribution in [3.05, 3.63) is 46.0 Å². The summed E-state index contributed by atoms with van der Waals surface area (Å²) in [7, 11) is 0. The zero-order valence-corrected chi connectivity index (χ0v) is 11.3. The molecule has 1 heterocycles. The molecule has 0 aliphatic carbocycles. The molecule has 1 aromatic carbocycles. The van der Waals surface area contributed by atoms with Crippen molar-refractivity contribution in [2.75, 3.05) is 0 Å². The molecule has 0 atom stereocenters. The number of alkyl halides is 3. The normalized spacial score (nSPS) is 11.8. The SMILES string of the molecule is CCc1c[nH]c(=S)n1-c1ccc(C)c(C(F)(F)F)c1. The molecule has 6 heteroatoms. The summed E-state index contributed by atoms with van der Waals surface area (Å²) in [5, 5.41) is 0. The van der Waals surface area contributed by atoms with Gasteiger partial charge in [0.2, 0.25) is 0 Å². The van der Waals surface area contributed by atoms with Crippen LogP contribution in [0.4, 0.5) is 13.2 Å². The first-order chi connectivity index (χ1) is 8.84. The number of benzene rings is 1. The first-order valence-corrected chi connectivity index (χ1v) is 6.23. The van der Waals surface area contributed by atoms with Crippen LogP contribution in [-0.4, -0.2) is 9.55 Å². The number of imidazole rings is 1. The lowest BCUT2D eigenvalue weighted by molar-refractivity contribution is -0.138. The summed E-state index contributed by atoms with van der Waals surface area (Å²) in [4.78, 5) is 2.86. The van der Waals surface area contributed by atoms with Gasteiger partial charge in [0.1, 0.15) is 0 Å². The van der Waals surface area contributed by atoms with Crippen molar-refractivity contribution in [2.24, 2.45) is 0 Å². The van der Waals surface area contributed by atoms with Gasteiger partial charge < -0.3 is 4.98 Å². The van der Waals surface area contributed by atoms with Gasteiger partial charge in [0.15, 0.2) is 4.77 Å². The standard InChI is InChI=1S/C13H13F3N2S/c1-3-9-7-17-12(19)18(9)10-5-4-8(2)11(6-10)13(14,15)16/h4-7H,3H2,1-2H3,(H,17,19). The summed E-state index contributed by atoms with van der Waals surface area (Å²) in [5.74, 6) is 0. The molecule has 1 aromatic heterocycles. The van der Waals surface area contributed by atoms with Crippen molar-refractivity contribution in [1.29, 1.82) is 0 Å². The van der Waals surface area contributed by atoms with Gasteiger partial charge in [0.25, 0.3) is 0 Å². The first-order valence-electron chi connectivity index (χ1n) is 5.82. The predicted octanol–water partition coefficient (Wildman–Crippen LogP) is 4.42. The minimum Gasteiger partial charge on any atom is -0.337 e. The second kappa shape index (κ2) is 4.85. The van der Waals surface area contributed by atoms with E-state index < -0.39 is 11.7 Å². The molecule has 0 fully saturated rings. The highest BCUT2D eigenvalue weighted by Gasteiger charge is 2.32. The molecule has 0 spiro atoms. The molecule has 0 aliphatic heterocycles. The Balaban J connectivity index is 2.65. The van der Waals surface area contributed by atoms with Gasteiger partial charge in [-0.25, -0.2) is 0 Å². The maximum Gasteiger partial charge on any atom is 0.416 e. The molecular formula is C13H13F3N2S. The van der Waals surface area contributed by atoms with Crippen molar-refractivity contribution in [3.63, 3.8) is 0 Å². The van der Waals surface area contributed by atoms with Crippen LogP contribution in [-0.2, 0) is 12.6 Å². The highest BCUT2D eigenvalue weighted by atomic mass is 32.1. The number of nitrogens with one attached hydrogen (secondary N) is 1. The van der Waals surface area contributed by atoms with Gasteiger partial charge in [-0.1, -0.05) is 13.0 Å². The van der Waals surface area contributed by atoms with Gasteiger partial charge in [-0.05, 0) is 43.3 Å². The summed E-state index contributed by atoms with van der Waals surface area (Å²) in [6.45, 7) is 3.37. The number of H-pyrrole nitrogens is 1. The Morgan fingerprint density at radius 1 is 1.32 bits per heavy atom. The van der Waals surface area contributed by atoms with Crippen LogP contribution < -0.4 is 0 Å². The maximum atomic E-state index is 12.9. The number of aromatic nitrogens is 2. The number of aryl methyl sites for hydroxylation is 2. The molecule has 19 heavy (non-hydrogen) atoms. The Hall–Kier alpha value is -1.56. The quantitative estimate of drug-likeness (QED) is 0.810. The Morgan fingerprint density at radius 2 is 2.00 bits per heavy atom. The summed E-state index contributed by atoms with van der Waals surface area (Å²) in [6.07, 6.45) is -1.96. The molecule has 2 nitrogen and oxygen atoms in total. The molecule has 0 unspecified atom stereocenters. The van der Waals surface area contributed by atoms with Crippen molar-refractivity contribution in [2.45, 2.75) is 26.4 Å². The zero-order chi connectivity index (χ0) is 14.2. The van der Waals surface area contributed by atoms with Crippen molar-refractivity contribution in [1.82, 2.24) is 9.55 Å². The first kappa shape index (κ1) is 13.9. The third kappa shape index (κ3) is 2.58. The monoisotopic (exact) mass is 286 g/mol. The number of halogens is 3. The molecule has 0 saturated carbocycles. The molecular weight excluding hydrogens is 273 g/mol. The summed E-state index contributed by atoms with van der Waals surface area (Å²) in [5.41, 5.74) is 0.856. The third-order valence-electron chi connectivity index (χ3n) is 3.00. The second-order valence-corrected chi connectivity index (χ2v) is 4.66. The average Bonchev–Trinajstić information content (AvgIpc) is 2.70. The molecule has 0 amide bonds. The van der Waals surface area contributed by atoms with Crippen LogP contribution in [0.1, 0.15) is 23.7 Å². The fourth-order valence-corrected chi connectivity index (χ4v) is 2.28. The molecule has 2 rings (SSSR count). The predicted molar refractivity (Wildman–Crippen MR) is 70.1 cm³/mol. The van der Waals surface area contributed by atoms with Crippen LogP contribution in [0.2, 0.25) is 0 Å². The molecule has 0 radical (unpaired) electrons. The van der Waals surface area contributed by atoms with Gasteiger partial charge in [0, 0.05) is 17.6 Å². The maximum absolute atomic E-state index is 12.9. The minimum atomic E-state index is -4.36. The molecule has 0 saturated heterocycles. The molecule has 2 aromatic rings.